The van der Waals surface area contributed by atoms with Gasteiger partial charge in [0, 0.05) is 23.2 Å². The van der Waals surface area contributed by atoms with Crippen LogP contribution < -0.4 is 25.8 Å². The minimum Gasteiger partial charge on any atom is -0.497 e. The van der Waals surface area contributed by atoms with E-state index >= 15 is 0 Å². The molecule has 0 aliphatic heterocycles. The molecule has 1 heterocycles. The molecule has 4 rings (SSSR count). The summed E-state index contributed by atoms with van der Waals surface area (Å²) in [6.45, 7) is 0.458. The van der Waals surface area contributed by atoms with Gasteiger partial charge in [0.15, 0.2) is 5.82 Å². The molecule has 0 radical (unpaired) electrons. The van der Waals surface area contributed by atoms with Crippen molar-refractivity contribution in [3.63, 3.8) is 0 Å². The van der Waals surface area contributed by atoms with Crippen LogP contribution in [0.1, 0.15) is 18.9 Å². The van der Waals surface area contributed by atoms with Gasteiger partial charge in [-0.1, -0.05) is 11.6 Å². The van der Waals surface area contributed by atoms with E-state index in [1.165, 1.54) is 11.8 Å². The van der Waals surface area contributed by atoms with Gasteiger partial charge >= 0.3 is 11.7 Å². The predicted octanol–water partition coefficient (Wildman–Crippen LogP) is 3.54. The Morgan fingerprint density at radius 3 is 2.56 bits per heavy atom. The number of carbonyl (C=O) groups is 1. The zero-order chi connectivity index (χ0) is 22.7. The Morgan fingerprint density at radius 1 is 1.16 bits per heavy atom. The molecule has 1 aliphatic rings. The number of hydrogen-bond acceptors (Lipinski definition) is 5. The van der Waals surface area contributed by atoms with Crippen LogP contribution >= 0.6 is 11.6 Å². The van der Waals surface area contributed by atoms with Crippen molar-refractivity contribution in [1.82, 2.24) is 19.7 Å². The van der Waals surface area contributed by atoms with Crippen molar-refractivity contribution in [3.05, 3.63) is 58.0 Å². The molecule has 2 aromatic carbocycles. The van der Waals surface area contributed by atoms with Crippen LogP contribution in [-0.2, 0) is 6.54 Å². The van der Waals surface area contributed by atoms with Crippen molar-refractivity contribution in [2.24, 2.45) is 0 Å². The summed E-state index contributed by atoms with van der Waals surface area (Å²) in [6, 6.07) is 12.1. The monoisotopic (exact) mass is 457 g/mol. The quantitative estimate of drug-likeness (QED) is 0.539. The van der Waals surface area contributed by atoms with Crippen molar-refractivity contribution < 1.29 is 14.3 Å². The number of halogens is 1. The molecule has 2 amide bonds. The summed E-state index contributed by atoms with van der Waals surface area (Å²) >= 11 is 5.99. The molecule has 1 aromatic heterocycles. The van der Waals surface area contributed by atoms with Crippen LogP contribution in [0.5, 0.6) is 11.5 Å². The van der Waals surface area contributed by atoms with Crippen molar-refractivity contribution in [3.8, 4) is 22.9 Å². The summed E-state index contributed by atoms with van der Waals surface area (Å²) in [4.78, 5) is 25.2. The maximum atomic E-state index is 12.9. The largest absolute Gasteiger partial charge is 0.497 e. The number of hydrogen-bond donors (Lipinski definition) is 2. The average molecular weight is 458 g/mol. The topological polar surface area (TPSA) is 99.4 Å². The average Bonchev–Trinajstić information content (AvgIpc) is 3.58. The van der Waals surface area contributed by atoms with Gasteiger partial charge in [0.05, 0.1) is 26.5 Å². The Bertz CT molecular complexity index is 1170. The highest BCUT2D eigenvalue weighted by atomic mass is 35.5. The number of methoxy groups -OCH3 is 2. The number of ether oxygens (including phenoxy) is 2. The second-order valence-electron chi connectivity index (χ2n) is 7.38. The van der Waals surface area contributed by atoms with Gasteiger partial charge in [-0.15, -0.1) is 5.10 Å². The summed E-state index contributed by atoms with van der Waals surface area (Å²) in [5.41, 5.74) is 1.11. The molecule has 2 N–H and O–H groups in total. The van der Waals surface area contributed by atoms with Crippen molar-refractivity contribution in [2.75, 3.05) is 26.1 Å². The third kappa shape index (κ3) is 4.72. The van der Waals surface area contributed by atoms with Gasteiger partial charge in [-0.25, -0.2) is 14.3 Å². The van der Waals surface area contributed by atoms with E-state index in [-0.39, 0.29) is 24.8 Å². The maximum absolute atomic E-state index is 12.9. The van der Waals surface area contributed by atoms with Crippen molar-refractivity contribution >= 4 is 23.3 Å². The first-order chi connectivity index (χ1) is 15.5. The lowest BCUT2D eigenvalue weighted by molar-refractivity contribution is 0.251. The molecule has 168 valence electrons. The predicted molar refractivity (Wildman–Crippen MR) is 122 cm³/mol. The fourth-order valence-electron chi connectivity index (χ4n) is 3.38. The van der Waals surface area contributed by atoms with Crippen molar-refractivity contribution in [2.45, 2.75) is 25.4 Å². The van der Waals surface area contributed by atoms with Crippen LogP contribution in [0.4, 0.5) is 10.5 Å². The van der Waals surface area contributed by atoms with Gasteiger partial charge < -0.3 is 20.1 Å². The van der Waals surface area contributed by atoms with Crippen LogP contribution in [0.15, 0.2) is 47.3 Å². The summed E-state index contributed by atoms with van der Waals surface area (Å²) in [6.07, 6.45) is 1.91. The van der Waals surface area contributed by atoms with Crippen LogP contribution in [0.3, 0.4) is 0 Å². The molecule has 1 aliphatic carbocycles. The van der Waals surface area contributed by atoms with Gasteiger partial charge in [0.1, 0.15) is 11.5 Å². The van der Waals surface area contributed by atoms with E-state index in [0.717, 1.165) is 24.2 Å². The maximum Gasteiger partial charge on any atom is 0.346 e. The van der Waals surface area contributed by atoms with E-state index in [4.69, 9.17) is 21.1 Å². The zero-order valence-electron chi connectivity index (χ0n) is 17.8. The Labute approximate surface area is 189 Å². The van der Waals surface area contributed by atoms with E-state index in [1.54, 1.807) is 29.9 Å². The summed E-state index contributed by atoms with van der Waals surface area (Å²) in [7, 11) is 3.12. The van der Waals surface area contributed by atoms with Crippen LogP contribution in [0.2, 0.25) is 5.02 Å². The van der Waals surface area contributed by atoms with Crippen molar-refractivity contribution in [1.29, 1.82) is 0 Å². The van der Waals surface area contributed by atoms with Gasteiger partial charge in [-0.3, -0.25) is 4.57 Å². The third-order valence-electron chi connectivity index (χ3n) is 5.15. The molecule has 0 atom stereocenters. The van der Waals surface area contributed by atoms with Gasteiger partial charge in [-0.2, -0.15) is 0 Å². The molecule has 0 unspecified atom stereocenters. The first-order valence-electron chi connectivity index (χ1n) is 10.2. The Balaban J connectivity index is 1.44. The Hall–Kier alpha value is -3.46. The highest BCUT2D eigenvalue weighted by molar-refractivity contribution is 6.31. The van der Waals surface area contributed by atoms with Gasteiger partial charge in [0.2, 0.25) is 0 Å². The molecule has 1 saturated carbocycles. The number of anilines is 1. The molecule has 9 nitrogen and oxygen atoms in total. The lowest BCUT2D eigenvalue weighted by Gasteiger charge is -2.11. The second-order valence-corrected chi connectivity index (χ2v) is 7.82. The summed E-state index contributed by atoms with van der Waals surface area (Å²) < 4.78 is 13.6. The highest BCUT2D eigenvalue weighted by Crippen LogP contribution is 2.36. The van der Waals surface area contributed by atoms with E-state index in [9.17, 15) is 9.59 Å². The standard InChI is InChI=1S/C22H24ClN5O4/c1-31-17-8-3-14(4-9-17)20-26-27(22(30)28(20)16-6-7-16)12-11-24-21(29)25-18-13-15(23)5-10-19(18)32-2/h3-5,8-10,13,16H,6-7,11-12H2,1-2H3,(H2,24,25,29). The Morgan fingerprint density at radius 2 is 1.91 bits per heavy atom. The van der Waals surface area contributed by atoms with E-state index in [0.29, 0.717) is 22.3 Å². The minimum absolute atomic E-state index is 0.167. The smallest absolute Gasteiger partial charge is 0.346 e. The van der Waals surface area contributed by atoms with Crippen LogP contribution in [-0.4, -0.2) is 41.1 Å². The number of benzene rings is 2. The lowest BCUT2D eigenvalue weighted by atomic mass is 10.2. The summed E-state index contributed by atoms with van der Waals surface area (Å²) in [5, 5.41) is 10.4. The molecule has 0 saturated heterocycles. The molecule has 32 heavy (non-hydrogen) atoms. The molecule has 1 fully saturated rings. The van der Waals surface area contributed by atoms with Gasteiger partial charge in [-0.05, 0) is 55.3 Å². The molecular formula is C22H24ClN5O4. The first-order valence-corrected chi connectivity index (χ1v) is 10.6. The number of nitrogens with one attached hydrogen (secondary N) is 2. The van der Waals surface area contributed by atoms with Crippen LogP contribution in [0, 0.1) is 0 Å². The number of aromatic nitrogens is 3. The Kier molecular flexibility index (Phi) is 6.36. The summed E-state index contributed by atoms with van der Waals surface area (Å²) in [5.74, 6) is 1.85. The fraction of sp³-hybridized carbons (Fsp3) is 0.318. The van der Waals surface area contributed by atoms with E-state index in [1.807, 2.05) is 24.3 Å². The van der Waals surface area contributed by atoms with Crippen LogP contribution in [0.25, 0.3) is 11.4 Å². The number of amides is 2. The third-order valence-corrected chi connectivity index (χ3v) is 5.38. The number of nitrogens with zero attached hydrogens (tertiary/aromatic N) is 3. The normalized spacial score (nSPS) is 13.0. The SMILES string of the molecule is COc1ccc(-c2nn(CCNC(=O)Nc3cc(Cl)ccc3OC)c(=O)n2C2CC2)cc1. The number of urea groups is 1. The first kappa shape index (κ1) is 21.8. The molecule has 10 heteroatoms. The van der Waals surface area contributed by atoms with Gasteiger partial charge in [0.25, 0.3) is 0 Å². The van der Waals surface area contributed by atoms with E-state index < -0.39 is 6.03 Å². The second kappa shape index (κ2) is 9.35. The number of rotatable bonds is 8. The lowest BCUT2D eigenvalue weighted by Crippen LogP contribution is -2.34. The minimum atomic E-state index is -0.435. The molecule has 0 spiro atoms. The molecule has 3 aromatic rings. The molecular weight excluding hydrogens is 434 g/mol. The highest BCUT2D eigenvalue weighted by Gasteiger charge is 2.30. The molecule has 0 bridgehead atoms. The van der Waals surface area contributed by atoms with E-state index in [2.05, 4.69) is 15.7 Å². The number of carbonyl (C=O) groups excluding carboxylic acids is 1. The fourth-order valence-corrected chi connectivity index (χ4v) is 3.56. The zero-order valence-corrected chi connectivity index (χ0v) is 18.6.